The van der Waals surface area contributed by atoms with E-state index >= 15 is 0 Å². The summed E-state index contributed by atoms with van der Waals surface area (Å²) in [4.78, 5) is 26.8. The van der Waals surface area contributed by atoms with Crippen LogP contribution < -0.4 is 20.1 Å². The third-order valence-corrected chi connectivity index (χ3v) is 6.61. The lowest BCUT2D eigenvalue weighted by Crippen LogP contribution is -2.50. The first kappa shape index (κ1) is 24.1. The fourth-order valence-corrected chi connectivity index (χ4v) is 4.75. The number of hydrogen-bond donors (Lipinski definition) is 2. The first-order valence-corrected chi connectivity index (χ1v) is 12.0. The third kappa shape index (κ3) is 4.53. The van der Waals surface area contributed by atoms with Gasteiger partial charge in [0.2, 0.25) is 5.91 Å². The summed E-state index contributed by atoms with van der Waals surface area (Å²) in [6.45, 7) is 3.92. The summed E-state index contributed by atoms with van der Waals surface area (Å²) in [5, 5.41) is 10.8. The number of fused-ring (bicyclic) bond motifs is 1. The van der Waals surface area contributed by atoms with Gasteiger partial charge in [-0.15, -0.1) is 0 Å². The van der Waals surface area contributed by atoms with Gasteiger partial charge in [0.15, 0.2) is 0 Å². The lowest BCUT2D eigenvalue weighted by Gasteiger charge is -2.33. The summed E-state index contributed by atoms with van der Waals surface area (Å²) in [6.07, 6.45) is 0. The van der Waals surface area contributed by atoms with Crippen LogP contribution in [0.3, 0.4) is 0 Å². The van der Waals surface area contributed by atoms with E-state index in [1.807, 2.05) is 56.3 Å². The number of methoxy groups -OCH3 is 2. The lowest BCUT2D eigenvalue weighted by molar-refractivity contribution is -0.118. The van der Waals surface area contributed by atoms with Crippen molar-refractivity contribution >= 4 is 17.6 Å². The highest BCUT2D eigenvalue weighted by molar-refractivity contribution is 6.04. The molecule has 0 aliphatic carbocycles. The summed E-state index contributed by atoms with van der Waals surface area (Å²) < 4.78 is 12.8. The molecule has 37 heavy (non-hydrogen) atoms. The van der Waals surface area contributed by atoms with Crippen LogP contribution in [0.4, 0.5) is 5.82 Å². The molecule has 188 valence electrons. The Morgan fingerprint density at radius 2 is 1.59 bits per heavy atom. The number of hydrogen-bond acceptors (Lipinski definition) is 5. The minimum atomic E-state index is -0.897. The number of ether oxygens (including phenoxy) is 2. The standard InChI is InChI=1S/C29H28N4O4/c1-17-10-12-21(13-11-17)33-27-24(18(2)32-33)25(20-14-22(36-3)16-23(15-20)37-4)26(29(35)31-27)30-28(34)19-8-6-5-7-9-19/h5-16,25-26H,1-4H3,(H,30,34)(H,31,35)/t25-,26+/m1/s1. The third-order valence-electron chi connectivity index (χ3n) is 6.61. The zero-order chi connectivity index (χ0) is 26.1. The number of benzene rings is 3. The molecule has 0 spiro atoms. The molecule has 2 atom stereocenters. The van der Waals surface area contributed by atoms with Crippen molar-refractivity contribution in [2.24, 2.45) is 0 Å². The fourth-order valence-electron chi connectivity index (χ4n) is 4.75. The van der Waals surface area contributed by atoms with Gasteiger partial charge in [-0.25, -0.2) is 4.68 Å². The van der Waals surface area contributed by atoms with E-state index in [1.165, 1.54) is 0 Å². The van der Waals surface area contributed by atoms with Gasteiger partial charge in [-0.3, -0.25) is 9.59 Å². The zero-order valence-electron chi connectivity index (χ0n) is 21.1. The molecule has 0 unspecified atom stereocenters. The van der Waals surface area contributed by atoms with Gasteiger partial charge in [0.25, 0.3) is 5.91 Å². The van der Waals surface area contributed by atoms with E-state index in [0.717, 1.165) is 28.1 Å². The van der Waals surface area contributed by atoms with Crippen LogP contribution in [0.5, 0.6) is 11.5 Å². The monoisotopic (exact) mass is 496 g/mol. The first-order chi connectivity index (χ1) is 17.9. The van der Waals surface area contributed by atoms with Gasteiger partial charge in [0.05, 0.1) is 25.6 Å². The largest absolute Gasteiger partial charge is 0.497 e. The minimum Gasteiger partial charge on any atom is -0.497 e. The number of carbonyl (C=O) groups excluding carboxylic acids is 2. The van der Waals surface area contributed by atoms with Gasteiger partial charge < -0.3 is 20.1 Å². The Balaban J connectivity index is 1.67. The van der Waals surface area contributed by atoms with Gasteiger partial charge in [-0.1, -0.05) is 35.9 Å². The highest BCUT2D eigenvalue weighted by atomic mass is 16.5. The molecule has 0 fully saturated rings. The molecular formula is C29H28N4O4. The van der Waals surface area contributed by atoms with E-state index < -0.39 is 12.0 Å². The van der Waals surface area contributed by atoms with Crippen LogP contribution in [-0.4, -0.2) is 41.9 Å². The normalized spacial score (nSPS) is 16.5. The Morgan fingerprint density at radius 3 is 2.22 bits per heavy atom. The van der Waals surface area contributed by atoms with Gasteiger partial charge in [0.1, 0.15) is 23.4 Å². The fraction of sp³-hybridized carbons (Fsp3) is 0.207. The molecule has 4 aromatic rings. The summed E-state index contributed by atoms with van der Waals surface area (Å²) in [5.74, 6) is 0.518. The predicted octanol–water partition coefficient (Wildman–Crippen LogP) is 4.39. The molecule has 0 saturated heterocycles. The molecule has 8 nitrogen and oxygen atoms in total. The molecule has 3 aromatic carbocycles. The quantitative estimate of drug-likeness (QED) is 0.413. The van der Waals surface area contributed by atoms with Crippen LogP contribution in [0.25, 0.3) is 5.69 Å². The molecule has 0 bridgehead atoms. The number of rotatable bonds is 6. The Morgan fingerprint density at radius 1 is 0.946 bits per heavy atom. The molecule has 8 heteroatoms. The summed E-state index contributed by atoms with van der Waals surface area (Å²) in [6, 6.07) is 21.3. The average molecular weight is 497 g/mol. The topological polar surface area (TPSA) is 94.5 Å². The summed E-state index contributed by atoms with van der Waals surface area (Å²) in [7, 11) is 3.15. The van der Waals surface area contributed by atoms with E-state index in [0.29, 0.717) is 22.9 Å². The van der Waals surface area contributed by atoms with Crippen molar-refractivity contribution in [1.29, 1.82) is 0 Å². The van der Waals surface area contributed by atoms with Crippen LogP contribution >= 0.6 is 0 Å². The van der Waals surface area contributed by atoms with Crippen molar-refractivity contribution in [2.75, 3.05) is 19.5 Å². The maximum Gasteiger partial charge on any atom is 0.251 e. The maximum absolute atomic E-state index is 13.6. The highest BCUT2D eigenvalue weighted by Crippen LogP contribution is 2.42. The van der Waals surface area contributed by atoms with Gasteiger partial charge in [-0.05, 0) is 55.8 Å². The number of amides is 2. The van der Waals surface area contributed by atoms with Crippen molar-refractivity contribution in [1.82, 2.24) is 15.1 Å². The second kappa shape index (κ2) is 9.81. The van der Waals surface area contributed by atoms with Crippen molar-refractivity contribution in [2.45, 2.75) is 25.8 Å². The van der Waals surface area contributed by atoms with Gasteiger partial charge in [0, 0.05) is 23.1 Å². The van der Waals surface area contributed by atoms with E-state index in [-0.39, 0.29) is 11.8 Å². The smallest absolute Gasteiger partial charge is 0.251 e. The molecule has 1 aromatic heterocycles. The second-order valence-electron chi connectivity index (χ2n) is 9.03. The number of carbonyl (C=O) groups is 2. The number of nitrogens with one attached hydrogen (secondary N) is 2. The first-order valence-electron chi connectivity index (χ1n) is 12.0. The Hall–Kier alpha value is -4.59. The van der Waals surface area contributed by atoms with E-state index in [1.54, 1.807) is 49.2 Å². The van der Waals surface area contributed by atoms with Crippen LogP contribution in [0.2, 0.25) is 0 Å². The Bertz CT molecular complexity index is 1440. The van der Waals surface area contributed by atoms with E-state index in [9.17, 15) is 9.59 Å². The molecule has 2 N–H and O–H groups in total. The Labute approximate surface area is 215 Å². The summed E-state index contributed by atoms with van der Waals surface area (Å²) in [5.41, 5.74) is 4.72. The minimum absolute atomic E-state index is 0.336. The van der Waals surface area contributed by atoms with Crippen LogP contribution in [0.1, 0.15) is 38.7 Å². The van der Waals surface area contributed by atoms with Crippen LogP contribution in [0.15, 0.2) is 72.8 Å². The highest BCUT2D eigenvalue weighted by Gasteiger charge is 2.42. The van der Waals surface area contributed by atoms with Crippen molar-refractivity contribution < 1.29 is 19.1 Å². The second-order valence-corrected chi connectivity index (χ2v) is 9.03. The number of aromatic nitrogens is 2. The molecule has 2 amide bonds. The molecular weight excluding hydrogens is 468 g/mol. The Kier molecular flexibility index (Phi) is 6.40. The molecule has 0 saturated carbocycles. The summed E-state index contributed by atoms with van der Waals surface area (Å²) >= 11 is 0. The molecule has 0 radical (unpaired) electrons. The zero-order valence-corrected chi connectivity index (χ0v) is 21.1. The van der Waals surface area contributed by atoms with Gasteiger partial charge in [-0.2, -0.15) is 5.10 Å². The van der Waals surface area contributed by atoms with E-state index in [4.69, 9.17) is 14.6 Å². The molecule has 5 rings (SSSR count). The molecule has 2 heterocycles. The maximum atomic E-state index is 13.6. The van der Waals surface area contributed by atoms with Crippen LogP contribution in [0, 0.1) is 13.8 Å². The van der Waals surface area contributed by atoms with Gasteiger partial charge >= 0.3 is 0 Å². The number of nitrogens with zero attached hydrogens (tertiary/aromatic N) is 2. The van der Waals surface area contributed by atoms with Crippen molar-refractivity contribution in [3.8, 4) is 17.2 Å². The van der Waals surface area contributed by atoms with Crippen molar-refractivity contribution in [3.63, 3.8) is 0 Å². The number of aryl methyl sites for hydroxylation is 2. The molecule has 1 aliphatic heterocycles. The lowest BCUT2D eigenvalue weighted by atomic mass is 9.81. The van der Waals surface area contributed by atoms with Crippen LogP contribution in [-0.2, 0) is 4.79 Å². The van der Waals surface area contributed by atoms with Crippen molar-refractivity contribution in [3.05, 3.63) is 101 Å². The van der Waals surface area contributed by atoms with E-state index in [2.05, 4.69) is 10.6 Å². The SMILES string of the molecule is COc1cc(OC)cc([C@@H]2c3c(C)nn(-c4ccc(C)cc4)c3NC(=O)[C@H]2NC(=O)c2ccccc2)c1. The molecule has 1 aliphatic rings. The average Bonchev–Trinajstić information content (AvgIpc) is 3.24. The predicted molar refractivity (Wildman–Crippen MR) is 141 cm³/mol. The number of anilines is 1.